The average molecular weight is 337 g/mol. The summed E-state index contributed by atoms with van der Waals surface area (Å²) in [5.41, 5.74) is 2.85. The minimum Gasteiger partial charge on any atom is -0.334 e. The van der Waals surface area contributed by atoms with Crippen LogP contribution in [0.2, 0.25) is 0 Å². The van der Waals surface area contributed by atoms with Crippen LogP contribution in [0, 0.1) is 5.92 Å². The highest BCUT2D eigenvalue weighted by atomic mass is 16.2. The number of amides is 3. The number of urea groups is 1. The molecular formula is C20H23N3O2. The van der Waals surface area contributed by atoms with Crippen LogP contribution in [0.4, 0.5) is 10.5 Å². The smallest absolute Gasteiger partial charge is 0.318 e. The first-order valence-corrected chi connectivity index (χ1v) is 8.50. The Kier molecular flexibility index (Phi) is 5.03. The maximum Gasteiger partial charge on any atom is 0.318 e. The van der Waals surface area contributed by atoms with Gasteiger partial charge in [-0.25, -0.2) is 4.79 Å². The first-order chi connectivity index (χ1) is 12.0. The summed E-state index contributed by atoms with van der Waals surface area (Å²) in [6.45, 7) is 4.83. The van der Waals surface area contributed by atoms with Crippen molar-refractivity contribution in [2.75, 3.05) is 11.9 Å². The summed E-state index contributed by atoms with van der Waals surface area (Å²) in [6.07, 6.45) is 0. The predicted octanol–water partition coefficient (Wildman–Crippen LogP) is 3.55. The largest absolute Gasteiger partial charge is 0.334 e. The van der Waals surface area contributed by atoms with Crippen LogP contribution in [0.15, 0.2) is 54.6 Å². The van der Waals surface area contributed by atoms with Gasteiger partial charge in [-0.2, -0.15) is 0 Å². The van der Waals surface area contributed by atoms with E-state index in [2.05, 4.69) is 29.7 Å². The Balaban J connectivity index is 1.60. The standard InChI is InChI=1S/C20H23N3O2/c1-14-13-23(19(14)17-8-4-3-5-9-17)20(25)21-12-16-7-6-10-18(11-16)22-15(2)24/h3-11,14,19H,12-13H2,1-2H3,(H,21,25)(H,22,24)/t14-,19+/m0/s1. The summed E-state index contributed by atoms with van der Waals surface area (Å²) in [6, 6.07) is 17.7. The van der Waals surface area contributed by atoms with Gasteiger partial charge in [0.2, 0.25) is 5.91 Å². The van der Waals surface area contributed by atoms with Gasteiger partial charge in [0.15, 0.2) is 0 Å². The van der Waals surface area contributed by atoms with E-state index in [1.54, 1.807) is 0 Å². The highest BCUT2D eigenvalue weighted by molar-refractivity contribution is 5.88. The van der Waals surface area contributed by atoms with E-state index in [0.29, 0.717) is 12.5 Å². The van der Waals surface area contributed by atoms with Crippen LogP contribution in [-0.2, 0) is 11.3 Å². The summed E-state index contributed by atoms with van der Waals surface area (Å²) < 4.78 is 0. The van der Waals surface area contributed by atoms with Crippen molar-refractivity contribution in [1.29, 1.82) is 0 Å². The number of nitrogens with one attached hydrogen (secondary N) is 2. The maximum absolute atomic E-state index is 12.5. The zero-order valence-corrected chi connectivity index (χ0v) is 14.5. The van der Waals surface area contributed by atoms with E-state index in [0.717, 1.165) is 17.8 Å². The lowest BCUT2D eigenvalue weighted by Crippen LogP contribution is -2.54. The second kappa shape index (κ2) is 7.38. The van der Waals surface area contributed by atoms with Crippen LogP contribution in [0.3, 0.4) is 0 Å². The molecule has 2 N–H and O–H groups in total. The third-order valence-electron chi connectivity index (χ3n) is 4.45. The van der Waals surface area contributed by atoms with E-state index in [9.17, 15) is 9.59 Å². The van der Waals surface area contributed by atoms with Crippen molar-refractivity contribution in [2.45, 2.75) is 26.4 Å². The van der Waals surface area contributed by atoms with Gasteiger partial charge >= 0.3 is 6.03 Å². The molecule has 1 aliphatic heterocycles. The highest BCUT2D eigenvalue weighted by Gasteiger charge is 2.39. The molecule has 0 aliphatic carbocycles. The van der Waals surface area contributed by atoms with Crippen LogP contribution in [-0.4, -0.2) is 23.4 Å². The Morgan fingerprint density at radius 2 is 1.88 bits per heavy atom. The van der Waals surface area contributed by atoms with Gasteiger partial charge in [-0.1, -0.05) is 49.4 Å². The van der Waals surface area contributed by atoms with Crippen molar-refractivity contribution in [1.82, 2.24) is 10.2 Å². The fourth-order valence-corrected chi connectivity index (χ4v) is 3.30. The number of benzene rings is 2. The minimum absolute atomic E-state index is 0.0584. The zero-order valence-electron chi connectivity index (χ0n) is 14.5. The molecule has 3 amide bonds. The molecule has 2 atom stereocenters. The molecule has 5 heteroatoms. The van der Waals surface area contributed by atoms with Crippen molar-refractivity contribution >= 4 is 17.6 Å². The summed E-state index contributed by atoms with van der Waals surface area (Å²) in [7, 11) is 0. The van der Waals surface area contributed by atoms with Crippen LogP contribution in [0.1, 0.15) is 31.0 Å². The number of hydrogen-bond donors (Lipinski definition) is 2. The second-order valence-corrected chi connectivity index (χ2v) is 6.53. The van der Waals surface area contributed by atoms with Gasteiger partial charge in [0.05, 0.1) is 6.04 Å². The molecular weight excluding hydrogens is 314 g/mol. The average Bonchev–Trinajstić information content (AvgIpc) is 2.58. The van der Waals surface area contributed by atoms with Gasteiger partial charge in [-0.3, -0.25) is 4.79 Å². The van der Waals surface area contributed by atoms with Crippen molar-refractivity contribution < 1.29 is 9.59 Å². The summed E-state index contributed by atoms with van der Waals surface area (Å²) in [5.74, 6) is 0.345. The molecule has 5 nitrogen and oxygen atoms in total. The molecule has 2 aromatic rings. The highest BCUT2D eigenvalue weighted by Crippen LogP contribution is 2.38. The van der Waals surface area contributed by atoms with Crippen LogP contribution >= 0.6 is 0 Å². The number of hydrogen-bond acceptors (Lipinski definition) is 2. The van der Waals surface area contributed by atoms with Crippen molar-refractivity contribution in [3.63, 3.8) is 0 Å². The van der Waals surface area contributed by atoms with Crippen molar-refractivity contribution in [3.05, 3.63) is 65.7 Å². The first kappa shape index (κ1) is 17.0. The van der Waals surface area contributed by atoms with Gasteiger partial charge in [0.25, 0.3) is 0 Å². The van der Waals surface area contributed by atoms with E-state index in [4.69, 9.17) is 0 Å². The number of anilines is 1. The monoisotopic (exact) mass is 337 g/mol. The molecule has 0 aromatic heterocycles. The molecule has 0 unspecified atom stereocenters. The molecule has 2 aromatic carbocycles. The van der Waals surface area contributed by atoms with E-state index in [-0.39, 0.29) is 18.0 Å². The number of carbonyl (C=O) groups is 2. The number of carbonyl (C=O) groups excluding carboxylic acids is 2. The van der Waals surface area contributed by atoms with Gasteiger partial charge < -0.3 is 15.5 Å². The Bertz CT molecular complexity index is 761. The fourth-order valence-electron chi connectivity index (χ4n) is 3.30. The molecule has 1 fully saturated rings. The van der Waals surface area contributed by atoms with Crippen LogP contribution < -0.4 is 10.6 Å². The van der Waals surface area contributed by atoms with E-state index < -0.39 is 0 Å². The summed E-state index contributed by atoms with van der Waals surface area (Å²) in [4.78, 5) is 25.5. The molecule has 0 radical (unpaired) electrons. The van der Waals surface area contributed by atoms with Crippen molar-refractivity contribution in [2.24, 2.45) is 5.92 Å². The fraction of sp³-hybridized carbons (Fsp3) is 0.300. The predicted molar refractivity (Wildman–Crippen MR) is 98.0 cm³/mol. The van der Waals surface area contributed by atoms with E-state index in [1.807, 2.05) is 47.4 Å². The molecule has 1 heterocycles. The van der Waals surface area contributed by atoms with E-state index in [1.165, 1.54) is 12.5 Å². The lowest BCUT2D eigenvalue weighted by Gasteiger charge is -2.46. The SMILES string of the molecule is CC(=O)Nc1cccc(CNC(=O)N2C[C@H](C)[C@@H]2c2ccccc2)c1. The van der Waals surface area contributed by atoms with Gasteiger partial charge in [0, 0.05) is 25.7 Å². The number of rotatable bonds is 4. The molecule has 0 bridgehead atoms. The van der Waals surface area contributed by atoms with Gasteiger partial charge in [-0.15, -0.1) is 0 Å². The quantitative estimate of drug-likeness (QED) is 0.896. The van der Waals surface area contributed by atoms with Gasteiger partial charge in [-0.05, 0) is 29.2 Å². The third-order valence-corrected chi connectivity index (χ3v) is 4.45. The lowest BCUT2D eigenvalue weighted by atomic mass is 9.85. The van der Waals surface area contributed by atoms with Gasteiger partial charge in [0.1, 0.15) is 0 Å². The Labute approximate surface area is 148 Å². The Morgan fingerprint density at radius 3 is 2.56 bits per heavy atom. The summed E-state index contributed by atoms with van der Waals surface area (Å²) in [5, 5.41) is 5.73. The molecule has 1 saturated heterocycles. The Morgan fingerprint density at radius 1 is 1.12 bits per heavy atom. The molecule has 3 rings (SSSR count). The molecule has 0 saturated carbocycles. The molecule has 1 aliphatic rings. The molecule has 0 spiro atoms. The normalized spacial score (nSPS) is 19.0. The van der Waals surface area contributed by atoms with Crippen LogP contribution in [0.5, 0.6) is 0 Å². The second-order valence-electron chi connectivity index (χ2n) is 6.53. The molecule has 25 heavy (non-hydrogen) atoms. The number of nitrogens with zero attached hydrogens (tertiary/aromatic N) is 1. The first-order valence-electron chi connectivity index (χ1n) is 8.50. The van der Waals surface area contributed by atoms with Crippen molar-refractivity contribution in [3.8, 4) is 0 Å². The van der Waals surface area contributed by atoms with Crippen LogP contribution in [0.25, 0.3) is 0 Å². The lowest BCUT2D eigenvalue weighted by molar-refractivity contribution is -0.114. The third kappa shape index (κ3) is 3.99. The number of likely N-dealkylation sites (tertiary alicyclic amines) is 1. The maximum atomic E-state index is 12.5. The summed E-state index contributed by atoms with van der Waals surface area (Å²) >= 11 is 0. The Hall–Kier alpha value is -2.82. The molecule has 130 valence electrons. The minimum atomic E-state index is -0.110. The zero-order chi connectivity index (χ0) is 17.8. The van der Waals surface area contributed by atoms with E-state index >= 15 is 0 Å². The topological polar surface area (TPSA) is 61.4 Å².